The van der Waals surface area contributed by atoms with E-state index in [9.17, 15) is 0 Å². The summed E-state index contributed by atoms with van der Waals surface area (Å²) in [5.41, 5.74) is 6.98. The highest BCUT2D eigenvalue weighted by molar-refractivity contribution is 5.38. The minimum Gasteiger partial charge on any atom is -0.382 e. The fraction of sp³-hybridized carbons (Fsp3) is 0.400. The van der Waals surface area contributed by atoms with E-state index in [0.717, 1.165) is 50.8 Å². The molecule has 2 aliphatic heterocycles. The van der Waals surface area contributed by atoms with E-state index in [1.165, 1.54) is 0 Å². The molecule has 0 spiro atoms. The SMILES string of the molecule is C1=CC(NCCN2CCN(c3ccccn3)CC2)=CNN1. The normalized spacial score (nSPS) is 18.7. The number of pyridine rings is 1. The molecular weight excluding hydrogens is 264 g/mol. The van der Waals surface area contributed by atoms with Gasteiger partial charge in [-0.15, -0.1) is 0 Å². The van der Waals surface area contributed by atoms with Crippen LogP contribution >= 0.6 is 0 Å². The molecule has 21 heavy (non-hydrogen) atoms. The molecule has 0 unspecified atom stereocenters. The Balaban J connectivity index is 1.38. The van der Waals surface area contributed by atoms with Crippen LogP contribution in [0, 0.1) is 0 Å². The molecule has 3 N–H and O–H groups in total. The molecule has 1 aromatic rings. The molecule has 0 aliphatic carbocycles. The van der Waals surface area contributed by atoms with Crippen LogP contribution in [-0.4, -0.2) is 49.2 Å². The topological polar surface area (TPSA) is 55.5 Å². The summed E-state index contributed by atoms with van der Waals surface area (Å²) in [6, 6.07) is 6.09. The Hall–Kier alpha value is -2.21. The van der Waals surface area contributed by atoms with Gasteiger partial charge in [-0.2, -0.15) is 0 Å². The summed E-state index contributed by atoms with van der Waals surface area (Å²) in [6.07, 6.45) is 7.70. The van der Waals surface area contributed by atoms with Gasteiger partial charge >= 0.3 is 0 Å². The second kappa shape index (κ2) is 6.99. The molecule has 112 valence electrons. The molecule has 1 aromatic heterocycles. The largest absolute Gasteiger partial charge is 0.382 e. The van der Waals surface area contributed by atoms with Gasteiger partial charge < -0.3 is 21.1 Å². The molecule has 0 radical (unpaired) electrons. The first-order valence-corrected chi connectivity index (χ1v) is 7.42. The molecule has 2 aliphatic rings. The van der Waals surface area contributed by atoms with Crippen LogP contribution in [0.5, 0.6) is 0 Å². The zero-order chi connectivity index (χ0) is 14.3. The van der Waals surface area contributed by atoms with E-state index in [1.54, 1.807) is 0 Å². The molecule has 6 heteroatoms. The second-order valence-electron chi connectivity index (χ2n) is 5.17. The van der Waals surface area contributed by atoms with Crippen LogP contribution in [0.25, 0.3) is 0 Å². The van der Waals surface area contributed by atoms with Crippen molar-refractivity contribution >= 4 is 5.82 Å². The third-order valence-corrected chi connectivity index (χ3v) is 3.76. The highest BCUT2D eigenvalue weighted by Gasteiger charge is 2.17. The van der Waals surface area contributed by atoms with Gasteiger partial charge in [0.1, 0.15) is 5.82 Å². The Morgan fingerprint density at radius 3 is 2.76 bits per heavy atom. The number of nitrogens with one attached hydrogen (secondary N) is 3. The van der Waals surface area contributed by atoms with Gasteiger partial charge in [0.2, 0.25) is 0 Å². The average Bonchev–Trinajstić information content (AvgIpc) is 2.57. The Morgan fingerprint density at radius 1 is 1.14 bits per heavy atom. The Labute approximate surface area is 125 Å². The quantitative estimate of drug-likeness (QED) is 0.722. The molecule has 0 amide bonds. The Kier molecular flexibility index (Phi) is 4.58. The first kappa shape index (κ1) is 13.8. The van der Waals surface area contributed by atoms with Gasteiger partial charge in [-0.3, -0.25) is 4.90 Å². The van der Waals surface area contributed by atoms with Gasteiger partial charge in [0, 0.05) is 57.9 Å². The van der Waals surface area contributed by atoms with Crippen molar-refractivity contribution in [3.05, 3.63) is 48.6 Å². The van der Waals surface area contributed by atoms with E-state index >= 15 is 0 Å². The Morgan fingerprint density at radius 2 is 2.05 bits per heavy atom. The predicted octanol–water partition coefficient (Wildman–Crippen LogP) is 0.256. The molecule has 6 nitrogen and oxygen atoms in total. The maximum atomic E-state index is 4.42. The third-order valence-electron chi connectivity index (χ3n) is 3.76. The summed E-state index contributed by atoms with van der Waals surface area (Å²) in [6.45, 7) is 6.30. The number of hydrogen-bond donors (Lipinski definition) is 3. The number of hydrazine groups is 1. The maximum Gasteiger partial charge on any atom is 0.128 e. The van der Waals surface area contributed by atoms with Crippen LogP contribution in [0.1, 0.15) is 0 Å². The van der Waals surface area contributed by atoms with Crippen molar-refractivity contribution in [1.82, 2.24) is 26.1 Å². The van der Waals surface area contributed by atoms with E-state index in [1.807, 2.05) is 36.8 Å². The van der Waals surface area contributed by atoms with Crippen LogP contribution in [-0.2, 0) is 0 Å². The van der Waals surface area contributed by atoms with Gasteiger partial charge in [-0.1, -0.05) is 6.07 Å². The highest BCUT2D eigenvalue weighted by Crippen LogP contribution is 2.12. The zero-order valence-electron chi connectivity index (χ0n) is 12.1. The van der Waals surface area contributed by atoms with Crippen LogP contribution in [0.4, 0.5) is 5.82 Å². The summed E-state index contributed by atoms with van der Waals surface area (Å²) in [5, 5.41) is 3.42. The fourth-order valence-electron chi connectivity index (χ4n) is 2.56. The number of nitrogens with zero attached hydrogens (tertiary/aromatic N) is 3. The van der Waals surface area contributed by atoms with Crippen LogP contribution in [0.3, 0.4) is 0 Å². The van der Waals surface area contributed by atoms with E-state index in [4.69, 9.17) is 0 Å². The number of anilines is 1. The van der Waals surface area contributed by atoms with Crippen molar-refractivity contribution in [2.24, 2.45) is 0 Å². The maximum absolute atomic E-state index is 4.42. The minimum atomic E-state index is 0.960. The molecule has 0 atom stereocenters. The van der Waals surface area contributed by atoms with E-state index in [0.29, 0.717) is 0 Å². The van der Waals surface area contributed by atoms with Crippen molar-refractivity contribution in [1.29, 1.82) is 0 Å². The van der Waals surface area contributed by atoms with Crippen LogP contribution in [0.15, 0.2) is 48.6 Å². The molecular formula is C15H22N6. The van der Waals surface area contributed by atoms with Crippen molar-refractivity contribution < 1.29 is 0 Å². The second-order valence-corrected chi connectivity index (χ2v) is 5.17. The molecule has 0 saturated carbocycles. The zero-order valence-corrected chi connectivity index (χ0v) is 12.1. The van der Waals surface area contributed by atoms with Crippen molar-refractivity contribution in [3.8, 4) is 0 Å². The summed E-state index contributed by atoms with van der Waals surface area (Å²) in [7, 11) is 0. The Bertz CT molecular complexity index is 490. The monoisotopic (exact) mass is 286 g/mol. The number of aromatic nitrogens is 1. The molecule has 1 fully saturated rings. The van der Waals surface area contributed by atoms with E-state index in [2.05, 4.69) is 37.0 Å². The smallest absolute Gasteiger partial charge is 0.128 e. The van der Waals surface area contributed by atoms with Gasteiger partial charge in [0.05, 0.1) is 5.70 Å². The third kappa shape index (κ3) is 3.88. The lowest BCUT2D eigenvalue weighted by Crippen LogP contribution is -2.48. The van der Waals surface area contributed by atoms with Gasteiger partial charge in [0.15, 0.2) is 0 Å². The molecule has 3 heterocycles. The van der Waals surface area contributed by atoms with Crippen LogP contribution < -0.4 is 21.1 Å². The van der Waals surface area contributed by atoms with Crippen molar-refractivity contribution in [2.75, 3.05) is 44.2 Å². The first-order chi connectivity index (χ1) is 10.4. The van der Waals surface area contributed by atoms with Gasteiger partial charge in [0.25, 0.3) is 0 Å². The highest BCUT2D eigenvalue weighted by atomic mass is 15.3. The van der Waals surface area contributed by atoms with Crippen molar-refractivity contribution in [2.45, 2.75) is 0 Å². The van der Waals surface area contributed by atoms with Gasteiger partial charge in [-0.25, -0.2) is 4.98 Å². The molecule has 0 aromatic carbocycles. The minimum absolute atomic E-state index is 0.960. The summed E-state index contributed by atoms with van der Waals surface area (Å²) in [5.74, 6) is 1.09. The number of piperazine rings is 1. The summed E-state index contributed by atoms with van der Waals surface area (Å²) in [4.78, 5) is 9.26. The first-order valence-electron chi connectivity index (χ1n) is 7.42. The predicted molar refractivity (Wildman–Crippen MR) is 84.4 cm³/mol. The van der Waals surface area contributed by atoms with Crippen LogP contribution in [0.2, 0.25) is 0 Å². The number of hydrogen-bond acceptors (Lipinski definition) is 6. The van der Waals surface area contributed by atoms with Gasteiger partial charge in [-0.05, 0) is 18.2 Å². The van der Waals surface area contributed by atoms with E-state index in [-0.39, 0.29) is 0 Å². The molecule has 3 rings (SSSR count). The lowest BCUT2D eigenvalue weighted by molar-refractivity contribution is 0.259. The molecule has 0 bridgehead atoms. The number of rotatable bonds is 5. The van der Waals surface area contributed by atoms with Crippen molar-refractivity contribution in [3.63, 3.8) is 0 Å². The lowest BCUT2D eigenvalue weighted by atomic mass is 10.3. The standard InChI is InChI=1S/C15H22N6/c1-2-5-17-15(3-1)21-11-9-20(10-12-21)8-7-16-14-4-6-18-19-13-14/h1-6,13,16,18-19H,7-12H2. The number of allylic oxidation sites excluding steroid dienone is 1. The lowest BCUT2D eigenvalue weighted by Gasteiger charge is -2.35. The van der Waals surface area contributed by atoms with E-state index < -0.39 is 0 Å². The fourth-order valence-corrected chi connectivity index (χ4v) is 2.56. The average molecular weight is 286 g/mol. The molecule has 1 saturated heterocycles. The summed E-state index contributed by atoms with van der Waals surface area (Å²) < 4.78 is 0. The summed E-state index contributed by atoms with van der Waals surface area (Å²) >= 11 is 0.